The van der Waals surface area contributed by atoms with Gasteiger partial charge in [-0.25, -0.2) is 9.59 Å². The number of carbonyl (C=O) groups excluding carboxylic acids is 2. The third-order valence-corrected chi connectivity index (χ3v) is 4.85. The van der Waals surface area contributed by atoms with Crippen molar-refractivity contribution in [2.45, 2.75) is 0 Å². The van der Waals surface area contributed by atoms with Crippen LogP contribution in [0.3, 0.4) is 0 Å². The Bertz CT molecular complexity index is 1270. The summed E-state index contributed by atoms with van der Waals surface area (Å²) in [7, 11) is 0. The van der Waals surface area contributed by atoms with Gasteiger partial charge in [-0.2, -0.15) is 0 Å². The Balaban J connectivity index is 1.52. The molecule has 1 aliphatic rings. The van der Waals surface area contributed by atoms with Gasteiger partial charge in [0, 0.05) is 24.3 Å². The number of phenols is 4. The number of hydrogen-bond acceptors (Lipinski definition) is 10. The largest absolute Gasteiger partial charge is 0.504 e. The summed E-state index contributed by atoms with van der Waals surface area (Å²) in [5.41, 5.74) is 0.864. The van der Waals surface area contributed by atoms with Crippen molar-refractivity contribution in [3.8, 4) is 46.0 Å². The summed E-state index contributed by atoms with van der Waals surface area (Å²) in [4.78, 5) is 24.8. The molecule has 10 heteroatoms. The van der Waals surface area contributed by atoms with Crippen molar-refractivity contribution in [3.63, 3.8) is 0 Å². The van der Waals surface area contributed by atoms with Crippen LogP contribution < -0.4 is 18.9 Å². The highest BCUT2D eigenvalue weighted by atomic mass is 16.6. The first-order chi connectivity index (χ1) is 17.3. The maximum Gasteiger partial charge on any atom is 0.336 e. The highest BCUT2D eigenvalue weighted by Gasteiger charge is 2.20. The maximum absolute atomic E-state index is 12.4. The number of phenolic OH excluding ortho intramolecular Hbond substituents is 4. The van der Waals surface area contributed by atoms with Crippen molar-refractivity contribution >= 4 is 24.1 Å². The van der Waals surface area contributed by atoms with Gasteiger partial charge in [0.15, 0.2) is 46.0 Å². The third kappa shape index (κ3) is 5.86. The van der Waals surface area contributed by atoms with Crippen LogP contribution in [0.1, 0.15) is 11.1 Å². The van der Waals surface area contributed by atoms with Gasteiger partial charge in [0.05, 0.1) is 0 Å². The zero-order valence-corrected chi connectivity index (χ0v) is 18.6. The van der Waals surface area contributed by atoms with Gasteiger partial charge in [0.1, 0.15) is 13.2 Å². The fourth-order valence-corrected chi connectivity index (χ4v) is 3.11. The molecule has 0 radical (unpaired) electrons. The van der Waals surface area contributed by atoms with Crippen molar-refractivity contribution < 1.29 is 49.0 Å². The van der Waals surface area contributed by atoms with Gasteiger partial charge in [0.2, 0.25) is 0 Å². The van der Waals surface area contributed by atoms with E-state index in [0.717, 1.165) is 12.2 Å². The minimum absolute atomic E-state index is 0.105. The minimum Gasteiger partial charge on any atom is -0.504 e. The molecule has 0 aromatic heterocycles. The Morgan fingerprint density at radius 2 is 1.06 bits per heavy atom. The minimum atomic E-state index is -0.813. The van der Waals surface area contributed by atoms with Crippen LogP contribution in [0, 0.1) is 0 Å². The van der Waals surface area contributed by atoms with Gasteiger partial charge in [-0.1, -0.05) is 12.1 Å². The van der Waals surface area contributed by atoms with Gasteiger partial charge < -0.3 is 39.4 Å². The summed E-state index contributed by atoms with van der Waals surface area (Å²) in [5, 5.41) is 37.9. The summed E-state index contributed by atoms with van der Waals surface area (Å²) < 4.78 is 21.7. The summed E-state index contributed by atoms with van der Waals surface area (Å²) in [5.74, 6) is -2.53. The third-order valence-electron chi connectivity index (χ3n) is 4.85. The SMILES string of the molecule is O=C(/C=C/c1ccc(O)c(O)c1)Oc1cc2c(cc1OC(=O)/C=C/c1ccc(O)c(O)c1)OCCO2. The molecule has 4 N–H and O–H groups in total. The average molecular weight is 492 g/mol. The van der Waals surface area contributed by atoms with Gasteiger partial charge in [0.25, 0.3) is 0 Å². The molecule has 184 valence electrons. The average Bonchev–Trinajstić information content (AvgIpc) is 2.86. The summed E-state index contributed by atoms with van der Waals surface area (Å²) in [6.45, 7) is 0.567. The Hall–Kier alpha value is -5.12. The molecule has 0 saturated carbocycles. The quantitative estimate of drug-likeness (QED) is 0.174. The molecule has 0 spiro atoms. The lowest BCUT2D eigenvalue weighted by Gasteiger charge is -2.20. The van der Waals surface area contributed by atoms with Crippen LogP contribution in [0.15, 0.2) is 60.7 Å². The highest BCUT2D eigenvalue weighted by molar-refractivity contribution is 5.91. The Kier molecular flexibility index (Phi) is 6.96. The molecule has 3 aromatic rings. The lowest BCUT2D eigenvalue weighted by atomic mass is 10.2. The fraction of sp³-hybridized carbons (Fsp3) is 0.0769. The molecule has 0 unspecified atom stereocenters. The Morgan fingerprint density at radius 3 is 1.44 bits per heavy atom. The van der Waals surface area contributed by atoms with Crippen molar-refractivity contribution in [1.82, 2.24) is 0 Å². The van der Waals surface area contributed by atoms with E-state index in [4.69, 9.17) is 18.9 Å². The standard InChI is InChI=1S/C26H20O10/c27-17-5-1-15(11-19(17)29)3-7-25(31)35-23-13-21-22(34-10-9-33-21)14-24(23)36-26(32)8-4-16-2-6-18(28)20(30)12-16/h1-8,11-14,27-30H,9-10H2/b7-3+,8-4+. The van der Waals surface area contributed by atoms with E-state index in [1.165, 1.54) is 60.7 Å². The smallest absolute Gasteiger partial charge is 0.336 e. The van der Waals surface area contributed by atoms with Gasteiger partial charge in [-0.05, 0) is 47.5 Å². The number of benzene rings is 3. The van der Waals surface area contributed by atoms with Crippen molar-refractivity contribution in [2.75, 3.05) is 13.2 Å². The molecule has 0 atom stereocenters. The lowest BCUT2D eigenvalue weighted by Crippen LogP contribution is -2.16. The molecule has 0 aliphatic carbocycles. The van der Waals surface area contributed by atoms with E-state index in [0.29, 0.717) is 22.6 Å². The fourth-order valence-electron chi connectivity index (χ4n) is 3.11. The highest BCUT2D eigenvalue weighted by Crippen LogP contribution is 2.41. The predicted octanol–water partition coefficient (Wildman–Crippen LogP) is 3.52. The van der Waals surface area contributed by atoms with E-state index in [9.17, 15) is 30.0 Å². The Labute approximate surface area is 204 Å². The maximum atomic E-state index is 12.4. The first-order valence-corrected chi connectivity index (χ1v) is 10.6. The zero-order chi connectivity index (χ0) is 25.7. The second-order valence-corrected chi connectivity index (χ2v) is 7.45. The number of esters is 2. The molecular formula is C26H20O10. The molecule has 0 bridgehead atoms. The van der Waals surface area contributed by atoms with Crippen molar-refractivity contribution in [1.29, 1.82) is 0 Å². The van der Waals surface area contributed by atoms with Crippen LogP contribution in [0.4, 0.5) is 0 Å². The number of rotatable bonds is 6. The molecule has 0 amide bonds. The van der Waals surface area contributed by atoms with E-state index in [-0.39, 0.29) is 47.7 Å². The molecule has 1 heterocycles. The Morgan fingerprint density at radius 1 is 0.639 bits per heavy atom. The molecule has 1 aliphatic heterocycles. The van der Waals surface area contributed by atoms with Gasteiger partial charge in [-0.3, -0.25) is 0 Å². The van der Waals surface area contributed by atoms with E-state index < -0.39 is 11.9 Å². The number of hydrogen-bond donors (Lipinski definition) is 4. The number of aromatic hydroxyl groups is 4. The van der Waals surface area contributed by atoms with Crippen LogP contribution in [0.2, 0.25) is 0 Å². The van der Waals surface area contributed by atoms with Crippen molar-refractivity contribution in [2.24, 2.45) is 0 Å². The second kappa shape index (κ2) is 10.4. The van der Waals surface area contributed by atoms with Crippen molar-refractivity contribution in [3.05, 3.63) is 71.8 Å². The van der Waals surface area contributed by atoms with E-state index >= 15 is 0 Å². The van der Waals surface area contributed by atoms with Crippen LogP contribution in [-0.4, -0.2) is 45.6 Å². The predicted molar refractivity (Wildman–Crippen MR) is 126 cm³/mol. The molecule has 0 saturated heterocycles. The van der Waals surface area contributed by atoms with Gasteiger partial charge in [-0.15, -0.1) is 0 Å². The molecular weight excluding hydrogens is 472 g/mol. The number of fused-ring (bicyclic) bond motifs is 1. The van der Waals surface area contributed by atoms with Crippen LogP contribution in [0.5, 0.6) is 46.0 Å². The van der Waals surface area contributed by atoms with Crippen LogP contribution >= 0.6 is 0 Å². The summed E-state index contributed by atoms with van der Waals surface area (Å²) in [6.07, 6.45) is 4.90. The monoisotopic (exact) mass is 492 g/mol. The van der Waals surface area contributed by atoms with Gasteiger partial charge >= 0.3 is 11.9 Å². The summed E-state index contributed by atoms with van der Waals surface area (Å²) >= 11 is 0. The van der Waals surface area contributed by atoms with E-state index in [2.05, 4.69) is 0 Å². The molecule has 3 aromatic carbocycles. The molecule has 10 nitrogen and oxygen atoms in total. The summed E-state index contributed by atoms with van der Waals surface area (Å²) in [6, 6.07) is 10.7. The lowest BCUT2D eigenvalue weighted by molar-refractivity contribution is -0.131. The normalized spacial score (nSPS) is 12.6. The molecule has 36 heavy (non-hydrogen) atoms. The zero-order valence-electron chi connectivity index (χ0n) is 18.6. The number of ether oxygens (including phenoxy) is 4. The molecule has 4 rings (SSSR count). The second-order valence-electron chi connectivity index (χ2n) is 7.45. The molecule has 0 fully saturated rings. The first kappa shape index (κ1) is 24.0. The number of carbonyl (C=O) groups is 2. The van der Waals surface area contributed by atoms with Crippen LogP contribution in [0.25, 0.3) is 12.2 Å². The van der Waals surface area contributed by atoms with E-state index in [1.807, 2.05) is 0 Å². The first-order valence-electron chi connectivity index (χ1n) is 10.6. The topological polar surface area (TPSA) is 152 Å². The van der Waals surface area contributed by atoms with Crippen LogP contribution in [-0.2, 0) is 9.59 Å². The van der Waals surface area contributed by atoms with E-state index in [1.54, 1.807) is 0 Å².